The van der Waals surface area contributed by atoms with Crippen molar-refractivity contribution in [3.05, 3.63) is 35.1 Å². The fourth-order valence-corrected chi connectivity index (χ4v) is 2.11. The number of methoxy groups -OCH3 is 1. The molecule has 0 aliphatic carbocycles. The van der Waals surface area contributed by atoms with E-state index in [4.69, 9.17) is 4.74 Å². The van der Waals surface area contributed by atoms with Crippen molar-refractivity contribution in [3.63, 3.8) is 0 Å². The topological polar surface area (TPSA) is 29.5 Å². The van der Waals surface area contributed by atoms with Crippen LogP contribution in [0.2, 0.25) is 0 Å². The number of hydrogen-bond acceptors (Lipinski definition) is 2. The maximum atomic E-state index is 13.4. The fraction of sp³-hybridized carbons (Fsp3) is 0.462. The molecule has 1 fully saturated rings. The van der Waals surface area contributed by atoms with Gasteiger partial charge in [-0.05, 0) is 31.0 Å². The van der Waals surface area contributed by atoms with E-state index >= 15 is 0 Å². The highest BCUT2D eigenvalue weighted by Crippen LogP contribution is 2.19. The van der Waals surface area contributed by atoms with Crippen molar-refractivity contribution < 1.29 is 13.9 Å². The minimum Gasteiger partial charge on any atom is -0.380 e. The zero-order valence-electron chi connectivity index (χ0n) is 10.1. The highest BCUT2D eigenvalue weighted by Gasteiger charge is 2.27. The standard InChI is InChI=1S/C13H16FNO2/c1-9-11(4-3-5-12(9)14)13(16)15-7-6-10(8-15)17-2/h3-5,10H,6-8H2,1-2H3/t10-/m0/s1. The molecule has 1 aliphatic rings. The van der Waals surface area contributed by atoms with Gasteiger partial charge in [-0.2, -0.15) is 0 Å². The van der Waals surface area contributed by atoms with E-state index in [2.05, 4.69) is 0 Å². The quantitative estimate of drug-likeness (QED) is 0.787. The Morgan fingerprint density at radius 3 is 2.94 bits per heavy atom. The van der Waals surface area contributed by atoms with Gasteiger partial charge in [0.05, 0.1) is 6.10 Å². The van der Waals surface area contributed by atoms with Crippen LogP contribution in [0.4, 0.5) is 4.39 Å². The van der Waals surface area contributed by atoms with E-state index in [9.17, 15) is 9.18 Å². The number of carbonyl (C=O) groups excluding carboxylic acids is 1. The van der Waals surface area contributed by atoms with Crippen LogP contribution in [0.25, 0.3) is 0 Å². The minimum absolute atomic E-state index is 0.104. The number of carbonyl (C=O) groups is 1. The van der Waals surface area contributed by atoms with E-state index in [0.717, 1.165) is 6.42 Å². The Bertz CT molecular complexity index is 433. The lowest BCUT2D eigenvalue weighted by atomic mass is 10.1. The zero-order chi connectivity index (χ0) is 12.4. The molecule has 1 aromatic rings. The molecule has 0 aromatic heterocycles. The summed E-state index contributed by atoms with van der Waals surface area (Å²) in [6.45, 7) is 2.89. The van der Waals surface area contributed by atoms with E-state index in [1.807, 2.05) is 0 Å². The van der Waals surface area contributed by atoms with Gasteiger partial charge in [0.15, 0.2) is 0 Å². The van der Waals surface area contributed by atoms with Crippen LogP contribution in [-0.2, 0) is 4.74 Å². The maximum Gasteiger partial charge on any atom is 0.254 e. The van der Waals surface area contributed by atoms with E-state index in [-0.39, 0.29) is 17.8 Å². The van der Waals surface area contributed by atoms with Crippen LogP contribution >= 0.6 is 0 Å². The molecular formula is C13H16FNO2. The van der Waals surface area contributed by atoms with Gasteiger partial charge >= 0.3 is 0 Å². The number of amides is 1. The third-order valence-electron chi connectivity index (χ3n) is 3.26. The molecule has 3 nitrogen and oxygen atoms in total. The maximum absolute atomic E-state index is 13.4. The molecule has 17 heavy (non-hydrogen) atoms. The summed E-state index contributed by atoms with van der Waals surface area (Å²) in [5, 5.41) is 0. The number of likely N-dealkylation sites (tertiary alicyclic amines) is 1. The summed E-state index contributed by atoms with van der Waals surface area (Å²) in [5.41, 5.74) is 0.861. The molecule has 0 N–H and O–H groups in total. The molecule has 92 valence electrons. The van der Waals surface area contributed by atoms with Crippen molar-refractivity contribution in [1.29, 1.82) is 0 Å². The first-order chi connectivity index (χ1) is 8.13. The summed E-state index contributed by atoms with van der Waals surface area (Å²) in [6.07, 6.45) is 0.948. The van der Waals surface area contributed by atoms with E-state index in [1.54, 1.807) is 31.1 Å². The van der Waals surface area contributed by atoms with Crippen LogP contribution in [0.1, 0.15) is 22.3 Å². The Labute approximate surface area is 100 Å². The highest BCUT2D eigenvalue weighted by molar-refractivity contribution is 5.95. The molecule has 1 heterocycles. The summed E-state index contributed by atoms with van der Waals surface area (Å²) in [5.74, 6) is -0.445. The molecule has 1 saturated heterocycles. The molecule has 1 atom stereocenters. The Balaban J connectivity index is 2.18. The highest BCUT2D eigenvalue weighted by atomic mass is 19.1. The van der Waals surface area contributed by atoms with Crippen LogP contribution in [0.15, 0.2) is 18.2 Å². The van der Waals surface area contributed by atoms with Gasteiger partial charge in [-0.25, -0.2) is 4.39 Å². The SMILES string of the molecule is CO[C@H]1CCN(C(=O)c2cccc(F)c2C)C1. The molecule has 1 amide bonds. The molecule has 1 aromatic carbocycles. The third kappa shape index (κ3) is 2.31. The van der Waals surface area contributed by atoms with Gasteiger partial charge in [-0.15, -0.1) is 0 Å². The molecule has 2 rings (SSSR count). The van der Waals surface area contributed by atoms with E-state index in [1.165, 1.54) is 6.07 Å². The Kier molecular flexibility index (Phi) is 3.43. The summed E-state index contributed by atoms with van der Waals surface area (Å²) >= 11 is 0. The first-order valence-electron chi connectivity index (χ1n) is 5.70. The Morgan fingerprint density at radius 2 is 2.29 bits per heavy atom. The number of nitrogens with zero attached hydrogens (tertiary/aromatic N) is 1. The van der Waals surface area contributed by atoms with Crippen LogP contribution in [0.3, 0.4) is 0 Å². The molecule has 0 spiro atoms. The molecule has 0 bridgehead atoms. The molecule has 4 heteroatoms. The lowest BCUT2D eigenvalue weighted by Crippen LogP contribution is -2.30. The van der Waals surface area contributed by atoms with Crippen LogP contribution < -0.4 is 0 Å². The fourth-order valence-electron chi connectivity index (χ4n) is 2.11. The molecule has 0 unspecified atom stereocenters. The predicted molar refractivity (Wildman–Crippen MR) is 62.5 cm³/mol. The number of halogens is 1. The summed E-state index contributed by atoms with van der Waals surface area (Å²) < 4.78 is 18.6. The van der Waals surface area contributed by atoms with Crippen LogP contribution in [0, 0.1) is 12.7 Å². The summed E-state index contributed by atoms with van der Waals surface area (Å²) in [6, 6.07) is 4.61. The van der Waals surface area contributed by atoms with Gasteiger partial charge < -0.3 is 9.64 Å². The second kappa shape index (κ2) is 4.84. The van der Waals surface area contributed by atoms with Gasteiger partial charge in [0, 0.05) is 25.8 Å². The minimum atomic E-state index is -0.335. The van der Waals surface area contributed by atoms with Gasteiger partial charge in [0.2, 0.25) is 0 Å². The van der Waals surface area contributed by atoms with Gasteiger partial charge in [-0.1, -0.05) is 6.07 Å². The van der Waals surface area contributed by atoms with Crippen molar-refractivity contribution in [3.8, 4) is 0 Å². The molecular weight excluding hydrogens is 221 g/mol. The van der Waals surface area contributed by atoms with Gasteiger partial charge in [0.1, 0.15) is 5.82 Å². The van der Waals surface area contributed by atoms with Crippen molar-refractivity contribution in [2.45, 2.75) is 19.4 Å². The summed E-state index contributed by atoms with van der Waals surface area (Å²) in [7, 11) is 1.64. The van der Waals surface area contributed by atoms with Gasteiger partial charge in [-0.3, -0.25) is 4.79 Å². The normalized spacial score (nSPS) is 19.7. The van der Waals surface area contributed by atoms with Crippen molar-refractivity contribution in [2.24, 2.45) is 0 Å². The van der Waals surface area contributed by atoms with E-state index in [0.29, 0.717) is 24.2 Å². The first kappa shape index (κ1) is 12.0. The third-order valence-corrected chi connectivity index (χ3v) is 3.26. The molecule has 0 saturated carbocycles. The van der Waals surface area contributed by atoms with Crippen molar-refractivity contribution in [2.75, 3.05) is 20.2 Å². The van der Waals surface area contributed by atoms with Crippen molar-refractivity contribution in [1.82, 2.24) is 4.90 Å². The Hall–Kier alpha value is -1.42. The molecule has 0 radical (unpaired) electrons. The number of hydrogen-bond donors (Lipinski definition) is 0. The number of ether oxygens (including phenoxy) is 1. The second-order valence-electron chi connectivity index (χ2n) is 4.31. The smallest absolute Gasteiger partial charge is 0.254 e. The monoisotopic (exact) mass is 237 g/mol. The van der Waals surface area contributed by atoms with E-state index < -0.39 is 0 Å². The van der Waals surface area contributed by atoms with Crippen LogP contribution in [-0.4, -0.2) is 37.1 Å². The average molecular weight is 237 g/mol. The van der Waals surface area contributed by atoms with Crippen molar-refractivity contribution >= 4 is 5.91 Å². The van der Waals surface area contributed by atoms with Crippen LogP contribution in [0.5, 0.6) is 0 Å². The largest absolute Gasteiger partial charge is 0.380 e. The lowest BCUT2D eigenvalue weighted by Gasteiger charge is -2.17. The Morgan fingerprint density at radius 1 is 1.53 bits per heavy atom. The lowest BCUT2D eigenvalue weighted by molar-refractivity contribution is 0.0723. The van der Waals surface area contributed by atoms with Gasteiger partial charge in [0.25, 0.3) is 5.91 Å². The second-order valence-corrected chi connectivity index (χ2v) is 4.31. The zero-order valence-corrected chi connectivity index (χ0v) is 10.1. The number of rotatable bonds is 2. The first-order valence-corrected chi connectivity index (χ1v) is 5.70. The molecule has 1 aliphatic heterocycles. The summed E-state index contributed by atoms with van der Waals surface area (Å²) in [4.78, 5) is 13.9. The predicted octanol–water partition coefficient (Wildman–Crippen LogP) is 2.00. The average Bonchev–Trinajstić information content (AvgIpc) is 2.80. The number of benzene rings is 1.